The van der Waals surface area contributed by atoms with Crippen LogP contribution < -0.4 is 10.5 Å². The van der Waals surface area contributed by atoms with Gasteiger partial charge in [-0.3, -0.25) is 0 Å². The maximum Gasteiger partial charge on any atom is 0.419 e. The van der Waals surface area contributed by atoms with E-state index in [1.807, 2.05) is 0 Å². The summed E-state index contributed by atoms with van der Waals surface area (Å²) in [6.07, 6.45) is -5.69. The number of halogens is 3. The molecule has 0 aliphatic heterocycles. The molecule has 1 atom stereocenters. The molecule has 0 spiro atoms. The van der Waals surface area contributed by atoms with E-state index in [1.54, 1.807) is 0 Å². The predicted molar refractivity (Wildman–Crippen MR) is 52.0 cm³/mol. The maximum absolute atomic E-state index is 12.6. The molecule has 0 radical (unpaired) electrons. The zero-order valence-corrected chi connectivity index (χ0v) is 8.58. The van der Waals surface area contributed by atoms with Crippen LogP contribution >= 0.6 is 0 Å². The number of methoxy groups -OCH3 is 1. The van der Waals surface area contributed by atoms with Crippen molar-refractivity contribution in [3.05, 3.63) is 29.3 Å². The minimum Gasteiger partial charge on any atom is -0.496 e. The molecule has 0 aliphatic rings. The lowest BCUT2D eigenvalue weighted by Gasteiger charge is -2.17. The lowest BCUT2D eigenvalue weighted by atomic mass is 10.0. The highest BCUT2D eigenvalue weighted by atomic mass is 19.4. The fraction of sp³-hybridized carbons (Fsp3) is 0.400. The lowest BCUT2D eigenvalue weighted by Crippen LogP contribution is -2.15. The van der Waals surface area contributed by atoms with E-state index in [0.717, 1.165) is 13.2 Å². The molecule has 0 aromatic heterocycles. The van der Waals surface area contributed by atoms with Crippen LogP contribution in [0.25, 0.3) is 0 Å². The van der Waals surface area contributed by atoms with Gasteiger partial charge in [0.05, 0.1) is 18.8 Å². The van der Waals surface area contributed by atoms with E-state index in [0.29, 0.717) is 0 Å². The van der Waals surface area contributed by atoms with Gasteiger partial charge in [0.25, 0.3) is 0 Å². The largest absolute Gasteiger partial charge is 0.496 e. The number of hydrogen-bond donors (Lipinski definition) is 2. The molecule has 16 heavy (non-hydrogen) atoms. The molecule has 3 nitrogen and oxygen atoms in total. The van der Waals surface area contributed by atoms with E-state index in [9.17, 15) is 18.3 Å². The molecule has 0 saturated heterocycles. The lowest BCUT2D eigenvalue weighted by molar-refractivity contribution is -0.138. The molecule has 1 rings (SSSR count). The second-order valence-electron chi connectivity index (χ2n) is 3.18. The van der Waals surface area contributed by atoms with Crippen molar-refractivity contribution in [2.24, 2.45) is 5.73 Å². The number of benzene rings is 1. The average molecular weight is 235 g/mol. The van der Waals surface area contributed by atoms with Crippen molar-refractivity contribution < 1.29 is 23.0 Å². The summed E-state index contributed by atoms with van der Waals surface area (Å²) in [6.45, 7) is -0.169. The van der Waals surface area contributed by atoms with Gasteiger partial charge < -0.3 is 15.6 Å². The zero-order chi connectivity index (χ0) is 12.3. The summed E-state index contributed by atoms with van der Waals surface area (Å²) < 4.78 is 42.5. The highest BCUT2D eigenvalue weighted by Crippen LogP contribution is 2.39. The average Bonchev–Trinajstić information content (AvgIpc) is 2.25. The van der Waals surface area contributed by atoms with Crippen molar-refractivity contribution >= 4 is 0 Å². The van der Waals surface area contributed by atoms with Gasteiger partial charge in [0.2, 0.25) is 0 Å². The van der Waals surface area contributed by atoms with Crippen molar-refractivity contribution in [1.82, 2.24) is 0 Å². The Morgan fingerprint density at radius 2 is 2.06 bits per heavy atom. The molecule has 1 aromatic carbocycles. The minimum atomic E-state index is -4.52. The Kier molecular flexibility index (Phi) is 3.77. The molecule has 6 heteroatoms. The number of para-hydroxylation sites is 1. The first-order valence-corrected chi connectivity index (χ1v) is 4.54. The number of rotatable bonds is 3. The Hall–Kier alpha value is -1.27. The molecule has 0 amide bonds. The third-order valence-corrected chi connectivity index (χ3v) is 2.14. The number of ether oxygens (including phenoxy) is 1. The molecular formula is C10H12F3NO2. The minimum absolute atomic E-state index is 0.0415. The summed E-state index contributed by atoms with van der Waals surface area (Å²) >= 11 is 0. The third-order valence-electron chi connectivity index (χ3n) is 2.14. The van der Waals surface area contributed by atoms with Crippen molar-refractivity contribution in [2.75, 3.05) is 13.7 Å². The number of aliphatic hydroxyl groups excluding tert-OH is 1. The summed E-state index contributed by atoms with van der Waals surface area (Å²) in [4.78, 5) is 0. The van der Waals surface area contributed by atoms with Crippen molar-refractivity contribution in [3.63, 3.8) is 0 Å². The standard InChI is InChI=1S/C10H12F3NO2/c1-16-9-6(8(15)5-14)3-2-4-7(9)10(11,12)13/h2-4,8,15H,5,14H2,1H3. The van der Waals surface area contributed by atoms with Crippen LogP contribution in [0.15, 0.2) is 18.2 Å². The van der Waals surface area contributed by atoms with Crippen molar-refractivity contribution in [3.8, 4) is 5.75 Å². The van der Waals surface area contributed by atoms with Crippen LogP contribution in [0, 0.1) is 0 Å². The highest BCUT2D eigenvalue weighted by Gasteiger charge is 2.35. The molecule has 0 saturated carbocycles. The molecule has 1 aromatic rings. The van der Waals surface area contributed by atoms with E-state index >= 15 is 0 Å². The van der Waals surface area contributed by atoms with Crippen molar-refractivity contribution in [2.45, 2.75) is 12.3 Å². The predicted octanol–water partition coefficient (Wildman–Crippen LogP) is 1.71. The van der Waals surface area contributed by atoms with Crippen LogP contribution in [0.1, 0.15) is 17.2 Å². The fourth-order valence-corrected chi connectivity index (χ4v) is 1.40. The second kappa shape index (κ2) is 4.71. The number of nitrogens with two attached hydrogens (primary N) is 1. The number of alkyl halides is 3. The maximum atomic E-state index is 12.6. The van der Waals surface area contributed by atoms with Gasteiger partial charge in [-0.25, -0.2) is 0 Å². The Labute approximate surface area is 90.6 Å². The van der Waals surface area contributed by atoms with Gasteiger partial charge in [-0.2, -0.15) is 13.2 Å². The van der Waals surface area contributed by atoms with Crippen LogP contribution in [-0.2, 0) is 6.18 Å². The smallest absolute Gasteiger partial charge is 0.419 e. The van der Waals surface area contributed by atoms with Crippen LogP contribution in [0.2, 0.25) is 0 Å². The molecule has 0 fully saturated rings. The zero-order valence-electron chi connectivity index (χ0n) is 8.58. The molecular weight excluding hydrogens is 223 g/mol. The molecule has 1 unspecified atom stereocenters. The van der Waals surface area contributed by atoms with Crippen molar-refractivity contribution in [1.29, 1.82) is 0 Å². The Bertz CT molecular complexity index is 366. The Morgan fingerprint density at radius 1 is 1.44 bits per heavy atom. The van der Waals surface area contributed by atoms with E-state index < -0.39 is 17.8 Å². The van der Waals surface area contributed by atoms with E-state index in [-0.39, 0.29) is 17.9 Å². The van der Waals surface area contributed by atoms with E-state index in [4.69, 9.17) is 10.5 Å². The fourth-order valence-electron chi connectivity index (χ4n) is 1.40. The van der Waals surface area contributed by atoms with Gasteiger partial charge >= 0.3 is 6.18 Å². The van der Waals surface area contributed by atoms with Gasteiger partial charge in [-0.1, -0.05) is 12.1 Å². The summed E-state index contributed by atoms with van der Waals surface area (Å²) in [6, 6.07) is 3.46. The van der Waals surface area contributed by atoms with Gasteiger partial charge in [0.15, 0.2) is 0 Å². The molecule has 0 aliphatic carbocycles. The van der Waals surface area contributed by atoms with E-state index in [2.05, 4.69) is 0 Å². The first kappa shape index (κ1) is 12.8. The number of hydrogen-bond acceptors (Lipinski definition) is 3. The van der Waals surface area contributed by atoms with Gasteiger partial charge in [-0.05, 0) is 6.07 Å². The topological polar surface area (TPSA) is 55.5 Å². The van der Waals surface area contributed by atoms with Crippen LogP contribution in [0.5, 0.6) is 5.75 Å². The molecule has 90 valence electrons. The summed E-state index contributed by atoms with van der Waals surface area (Å²) in [5.74, 6) is -0.382. The highest BCUT2D eigenvalue weighted by molar-refractivity contribution is 5.44. The summed E-state index contributed by atoms with van der Waals surface area (Å²) in [7, 11) is 1.12. The Balaban J connectivity index is 3.32. The van der Waals surface area contributed by atoms with E-state index in [1.165, 1.54) is 12.1 Å². The molecule has 3 N–H and O–H groups in total. The van der Waals surface area contributed by atoms with Gasteiger partial charge in [0.1, 0.15) is 5.75 Å². The van der Waals surface area contributed by atoms with Gasteiger partial charge in [-0.15, -0.1) is 0 Å². The quantitative estimate of drug-likeness (QED) is 0.838. The van der Waals surface area contributed by atoms with Crippen LogP contribution in [0.3, 0.4) is 0 Å². The molecule has 0 heterocycles. The number of aliphatic hydroxyl groups is 1. The summed E-state index contributed by atoms with van der Waals surface area (Å²) in [5.41, 5.74) is 4.32. The SMILES string of the molecule is COc1c(C(O)CN)cccc1C(F)(F)F. The Morgan fingerprint density at radius 3 is 2.50 bits per heavy atom. The third kappa shape index (κ3) is 2.45. The molecule has 0 bridgehead atoms. The van der Waals surface area contributed by atoms with Gasteiger partial charge in [0, 0.05) is 12.1 Å². The monoisotopic (exact) mass is 235 g/mol. The summed E-state index contributed by atoms with van der Waals surface area (Å²) in [5, 5.41) is 9.46. The van der Waals surface area contributed by atoms with Crippen LogP contribution in [-0.4, -0.2) is 18.8 Å². The van der Waals surface area contributed by atoms with Crippen LogP contribution in [0.4, 0.5) is 13.2 Å². The second-order valence-corrected chi connectivity index (χ2v) is 3.18. The first-order chi connectivity index (χ1) is 7.41. The normalized spacial score (nSPS) is 13.6. The first-order valence-electron chi connectivity index (χ1n) is 4.54.